The van der Waals surface area contributed by atoms with E-state index in [9.17, 15) is 14.0 Å². The van der Waals surface area contributed by atoms with Crippen molar-refractivity contribution in [2.75, 3.05) is 12.4 Å². The molecule has 3 aromatic rings. The number of nitrogens with one attached hydrogen (secondary N) is 1. The van der Waals surface area contributed by atoms with Gasteiger partial charge in [0.05, 0.1) is 25.2 Å². The predicted octanol–water partition coefficient (Wildman–Crippen LogP) is 4.16. The van der Waals surface area contributed by atoms with Crippen LogP contribution in [0.25, 0.3) is 0 Å². The lowest BCUT2D eigenvalue weighted by Crippen LogP contribution is -2.15. The molecule has 0 aliphatic heterocycles. The summed E-state index contributed by atoms with van der Waals surface area (Å²) in [5.41, 5.74) is 0.861. The van der Waals surface area contributed by atoms with Crippen LogP contribution in [0.2, 0.25) is 0 Å². The molecule has 0 unspecified atom stereocenters. The van der Waals surface area contributed by atoms with Crippen LogP contribution in [0, 0.1) is 5.82 Å². The van der Waals surface area contributed by atoms with E-state index in [4.69, 9.17) is 9.47 Å². The fourth-order valence-corrected chi connectivity index (χ4v) is 2.65. The summed E-state index contributed by atoms with van der Waals surface area (Å²) in [4.78, 5) is 32.5. The van der Waals surface area contributed by atoms with E-state index in [0.717, 1.165) is 0 Å². The summed E-state index contributed by atoms with van der Waals surface area (Å²) in [6, 6.07) is 11.7. The van der Waals surface area contributed by atoms with Gasteiger partial charge in [0, 0.05) is 24.4 Å². The van der Waals surface area contributed by atoms with Gasteiger partial charge in [-0.05, 0) is 37.6 Å². The summed E-state index contributed by atoms with van der Waals surface area (Å²) < 4.78 is 29.3. The number of carbonyl (C=O) groups is 2. The zero-order chi connectivity index (χ0) is 23.1. The lowest BCUT2D eigenvalue weighted by atomic mass is 10.2. The molecule has 0 atom stereocenters. The van der Waals surface area contributed by atoms with Crippen molar-refractivity contribution in [1.29, 1.82) is 0 Å². The van der Waals surface area contributed by atoms with Crippen LogP contribution in [0.15, 0.2) is 54.7 Å². The molecule has 0 fully saturated rings. The van der Waals surface area contributed by atoms with E-state index in [-0.39, 0.29) is 41.6 Å². The molecule has 0 radical (unpaired) electrons. The van der Waals surface area contributed by atoms with Gasteiger partial charge in [0.1, 0.15) is 17.4 Å². The van der Waals surface area contributed by atoms with Crippen LogP contribution in [0.1, 0.15) is 29.8 Å². The van der Waals surface area contributed by atoms with E-state index in [1.54, 1.807) is 18.2 Å². The molecule has 3 rings (SSSR count). The van der Waals surface area contributed by atoms with E-state index < -0.39 is 11.7 Å². The number of esters is 1. The number of hydrogen-bond acceptors (Lipinski definition) is 7. The van der Waals surface area contributed by atoms with Crippen molar-refractivity contribution in [3.8, 4) is 17.5 Å². The van der Waals surface area contributed by atoms with Crippen LogP contribution in [0.5, 0.6) is 17.5 Å². The summed E-state index contributed by atoms with van der Waals surface area (Å²) in [5, 5.41) is 2.67. The predicted molar refractivity (Wildman–Crippen MR) is 114 cm³/mol. The number of ether oxygens (including phenoxy) is 3. The van der Waals surface area contributed by atoms with Crippen molar-refractivity contribution in [3.63, 3.8) is 0 Å². The lowest BCUT2D eigenvalue weighted by Gasteiger charge is -2.13. The van der Waals surface area contributed by atoms with Crippen molar-refractivity contribution in [3.05, 3.63) is 71.7 Å². The highest BCUT2D eigenvalue weighted by Gasteiger charge is 2.14. The van der Waals surface area contributed by atoms with Gasteiger partial charge < -0.3 is 19.5 Å². The van der Waals surface area contributed by atoms with Crippen molar-refractivity contribution in [2.24, 2.45) is 0 Å². The molecule has 0 aliphatic rings. The summed E-state index contributed by atoms with van der Waals surface area (Å²) in [5.74, 6) is -0.549. The number of hydrogen-bond donors (Lipinski definition) is 1. The monoisotopic (exact) mass is 439 g/mol. The molecule has 0 bridgehead atoms. The maximum atomic E-state index is 13.5. The van der Waals surface area contributed by atoms with Crippen molar-refractivity contribution >= 4 is 17.7 Å². The highest BCUT2D eigenvalue weighted by molar-refractivity contribution is 6.04. The summed E-state index contributed by atoms with van der Waals surface area (Å²) in [7, 11) is 1.31. The molecule has 1 aromatic carbocycles. The maximum absolute atomic E-state index is 13.5. The molecule has 32 heavy (non-hydrogen) atoms. The lowest BCUT2D eigenvalue weighted by molar-refractivity contribution is -0.139. The average Bonchev–Trinajstić information content (AvgIpc) is 2.74. The normalized spacial score (nSPS) is 10.5. The summed E-state index contributed by atoms with van der Waals surface area (Å²) >= 11 is 0. The molecule has 0 spiro atoms. The number of methoxy groups -OCH3 is 1. The van der Waals surface area contributed by atoms with Crippen LogP contribution in [-0.2, 0) is 16.0 Å². The van der Waals surface area contributed by atoms with Gasteiger partial charge in [0.25, 0.3) is 5.91 Å². The average molecular weight is 439 g/mol. The molecular weight excluding hydrogens is 417 g/mol. The van der Waals surface area contributed by atoms with E-state index in [1.165, 1.54) is 43.6 Å². The van der Waals surface area contributed by atoms with Crippen LogP contribution in [-0.4, -0.2) is 35.1 Å². The third-order valence-corrected chi connectivity index (χ3v) is 4.06. The minimum absolute atomic E-state index is 0.0697. The number of anilines is 1. The van der Waals surface area contributed by atoms with E-state index in [0.29, 0.717) is 11.4 Å². The quantitative estimate of drug-likeness (QED) is 0.526. The van der Waals surface area contributed by atoms with E-state index in [2.05, 4.69) is 20.0 Å². The molecule has 2 aromatic heterocycles. The molecule has 0 saturated carbocycles. The molecule has 1 amide bonds. The third-order valence-electron chi connectivity index (χ3n) is 4.06. The summed E-state index contributed by atoms with van der Waals surface area (Å²) in [6.45, 7) is 3.64. The standard InChI is InChI=1S/C23H22FN3O5/c1-14(2)31-20-10-16(11-21(27-20)32-18-6-4-5-17(24)12-18)23(29)26-19-8-7-15(13-25-19)9-22(28)30-3/h4-8,10-14H,9H2,1-3H3,(H,25,26,29). The number of nitrogens with zero attached hydrogens (tertiary/aromatic N) is 2. The molecule has 0 saturated heterocycles. The Kier molecular flexibility index (Phi) is 7.33. The Bertz CT molecular complexity index is 1100. The van der Waals surface area contributed by atoms with Crippen molar-refractivity contribution < 1.29 is 28.2 Å². The fraction of sp³-hybridized carbons (Fsp3) is 0.217. The Morgan fingerprint density at radius 3 is 2.53 bits per heavy atom. The van der Waals surface area contributed by atoms with Crippen molar-refractivity contribution in [2.45, 2.75) is 26.4 Å². The first-order valence-electron chi connectivity index (χ1n) is 9.77. The second-order valence-corrected chi connectivity index (χ2v) is 7.02. The molecule has 9 heteroatoms. The third kappa shape index (κ3) is 6.49. The maximum Gasteiger partial charge on any atom is 0.310 e. The van der Waals surface area contributed by atoms with Gasteiger partial charge in [0.2, 0.25) is 11.8 Å². The van der Waals surface area contributed by atoms with E-state index in [1.807, 2.05) is 13.8 Å². The number of rotatable bonds is 8. The molecule has 0 aliphatic carbocycles. The molecule has 2 heterocycles. The second-order valence-electron chi connectivity index (χ2n) is 7.02. The Labute approximate surface area is 184 Å². The first-order valence-corrected chi connectivity index (χ1v) is 9.77. The zero-order valence-corrected chi connectivity index (χ0v) is 17.8. The molecule has 8 nitrogen and oxygen atoms in total. The smallest absolute Gasteiger partial charge is 0.310 e. The van der Waals surface area contributed by atoms with Crippen LogP contribution < -0.4 is 14.8 Å². The van der Waals surface area contributed by atoms with Gasteiger partial charge in [-0.25, -0.2) is 9.37 Å². The van der Waals surface area contributed by atoms with Gasteiger partial charge in [0.15, 0.2) is 0 Å². The minimum atomic E-state index is -0.474. The number of benzene rings is 1. The largest absolute Gasteiger partial charge is 0.475 e. The first kappa shape index (κ1) is 22.7. The van der Waals surface area contributed by atoms with Gasteiger partial charge in [-0.2, -0.15) is 4.98 Å². The van der Waals surface area contributed by atoms with Gasteiger partial charge >= 0.3 is 5.97 Å². The topological polar surface area (TPSA) is 99.6 Å². The number of halogens is 1. The van der Waals surface area contributed by atoms with Crippen molar-refractivity contribution in [1.82, 2.24) is 9.97 Å². The summed E-state index contributed by atoms with van der Waals surface area (Å²) in [6.07, 6.45) is 1.37. The molecule has 1 N–H and O–H groups in total. The van der Waals surface area contributed by atoms with Crippen LogP contribution in [0.3, 0.4) is 0 Å². The molecular formula is C23H22FN3O5. The number of aromatic nitrogens is 2. The SMILES string of the molecule is COC(=O)Cc1ccc(NC(=O)c2cc(Oc3cccc(F)c3)nc(OC(C)C)c2)nc1. The number of pyridine rings is 2. The van der Waals surface area contributed by atoms with Gasteiger partial charge in [-0.3, -0.25) is 9.59 Å². The number of carbonyl (C=O) groups excluding carboxylic acids is 2. The highest BCUT2D eigenvalue weighted by atomic mass is 19.1. The zero-order valence-electron chi connectivity index (χ0n) is 17.8. The second kappa shape index (κ2) is 10.3. The van der Waals surface area contributed by atoms with E-state index >= 15 is 0 Å². The fourth-order valence-electron chi connectivity index (χ4n) is 2.65. The first-order chi connectivity index (χ1) is 15.3. The van der Waals surface area contributed by atoms with Gasteiger partial charge in [-0.1, -0.05) is 12.1 Å². The Balaban J connectivity index is 1.80. The minimum Gasteiger partial charge on any atom is -0.475 e. The van der Waals surface area contributed by atoms with Crippen LogP contribution >= 0.6 is 0 Å². The van der Waals surface area contributed by atoms with Gasteiger partial charge in [-0.15, -0.1) is 0 Å². The Morgan fingerprint density at radius 2 is 1.88 bits per heavy atom. The Hall–Kier alpha value is -4.01. The highest BCUT2D eigenvalue weighted by Crippen LogP contribution is 2.25. The van der Waals surface area contributed by atoms with Crippen LogP contribution in [0.4, 0.5) is 10.2 Å². The Morgan fingerprint density at radius 1 is 1.09 bits per heavy atom. The molecule has 166 valence electrons. The number of amides is 1.